The minimum Gasteiger partial charge on any atom is -0.491 e. The number of nitrogens with zero attached hydrogens (tertiary/aromatic N) is 1. The molecule has 0 heterocycles. The van der Waals surface area contributed by atoms with Crippen molar-refractivity contribution >= 4 is 5.71 Å². The van der Waals surface area contributed by atoms with Gasteiger partial charge in [0, 0.05) is 5.56 Å². The number of fused-ring (bicyclic) bond motifs is 1. The van der Waals surface area contributed by atoms with Gasteiger partial charge in [0.15, 0.2) is 0 Å². The Bertz CT molecular complexity index is 431. The van der Waals surface area contributed by atoms with E-state index >= 15 is 0 Å². The zero-order valence-electron chi connectivity index (χ0n) is 10.1. The first-order valence-electron chi connectivity index (χ1n) is 6.01. The van der Waals surface area contributed by atoms with Crippen molar-refractivity contribution in [2.75, 3.05) is 26.4 Å². The summed E-state index contributed by atoms with van der Waals surface area (Å²) in [5.74, 6) is 0.792. The van der Waals surface area contributed by atoms with Crippen LogP contribution in [0.1, 0.15) is 17.5 Å². The van der Waals surface area contributed by atoms with Gasteiger partial charge in [-0.05, 0) is 36.6 Å². The van der Waals surface area contributed by atoms with Gasteiger partial charge in [0.05, 0.1) is 25.5 Å². The van der Waals surface area contributed by atoms with Gasteiger partial charge in [0.25, 0.3) is 0 Å². The predicted molar refractivity (Wildman–Crippen MR) is 66.5 cm³/mol. The Morgan fingerprint density at radius 2 is 2.06 bits per heavy atom. The van der Waals surface area contributed by atoms with E-state index in [1.807, 2.05) is 18.2 Å². The standard InChI is InChI=1S/C13H17NO4/c15-5-6-17-7-8-18-11-2-3-12-10(9-11)1-4-13(12)14-16/h2-3,9,15-16H,1,4-8H2/b14-13+. The summed E-state index contributed by atoms with van der Waals surface area (Å²) in [4.78, 5) is 0. The molecule has 98 valence electrons. The maximum absolute atomic E-state index is 8.83. The second kappa shape index (κ2) is 6.37. The summed E-state index contributed by atoms with van der Waals surface area (Å²) in [5, 5.41) is 20.7. The quantitative estimate of drug-likeness (QED) is 0.453. The van der Waals surface area contributed by atoms with Crippen LogP contribution in [-0.4, -0.2) is 42.5 Å². The number of oxime groups is 1. The van der Waals surface area contributed by atoms with Gasteiger partial charge in [0.1, 0.15) is 12.4 Å². The number of aliphatic hydroxyl groups excluding tert-OH is 1. The topological polar surface area (TPSA) is 71.3 Å². The summed E-state index contributed by atoms with van der Waals surface area (Å²) >= 11 is 0. The normalized spacial score (nSPS) is 15.9. The van der Waals surface area contributed by atoms with E-state index in [-0.39, 0.29) is 6.61 Å². The number of ether oxygens (including phenoxy) is 2. The maximum atomic E-state index is 8.83. The Labute approximate surface area is 106 Å². The molecular formula is C13H17NO4. The number of hydrogen-bond acceptors (Lipinski definition) is 5. The first-order chi connectivity index (χ1) is 8.85. The fraction of sp³-hybridized carbons (Fsp3) is 0.462. The maximum Gasteiger partial charge on any atom is 0.119 e. The van der Waals surface area contributed by atoms with Gasteiger partial charge in [-0.1, -0.05) is 5.16 Å². The Hall–Kier alpha value is -1.59. The molecule has 2 rings (SSSR count). The third-order valence-electron chi connectivity index (χ3n) is 2.87. The fourth-order valence-electron chi connectivity index (χ4n) is 2.02. The lowest BCUT2D eigenvalue weighted by atomic mass is 10.1. The molecule has 1 aromatic carbocycles. The minimum atomic E-state index is 0.0299. The second-order valence-electron chi connectivity index (χ2n) is 4.05. The smallest absolute Gasteiger partial charge is 0.119 e. The van der Waals surface area contributed by atoms with Gasteiger partial charge < -0.3 is 19.8 Å². The lowest BCUT2D eigenvalue weighted by Crippen LogP contribution is -2.09. The highest BCUT2D eigenvalue weighted by molar-refractivity contribution is 6.04. The molecule has 1 aromatic rings. The van der Waals surface area contributed by atoms with E-state index < -0.39 is 0 Å². The third-order valence-corrected chi connectivity index (χ3v) is 2.87. The molecule has 0 bridgehead atoms. The van der Waals surface area contributed by atoms with E-state index in [1.54, 1.807) is 0 Å². The van der Waals surface area contributed by atoms with Crippen molar-refractivity contribution in [3.8, 4) is 5.75 Å². The van der Waals surface area contributed by atoms with Crippen molar-refractivity contribution in [2.24, 2.45) is 5.16 Å². The average molecular weight is 251 g/mol. The number of rotatable bonds is 6. The second-order valence-corrected chi connectivity index (χ2v) is 4.05. The highest BCUT2D eigenvalue weighted by Crippen LogP contribution is 2.26. The zero-order valence-corrected chi connectivity index (χ0v) is 10.1. The predicted octanol–water partition coefficient (Wildman–Crippen LogP) is 1.20. The molecule has 18 heavy (non-hydrogen) atoms. The van der Waals surface area contributed by atoms with E-state index in [9.17, 15) is 0 Å². The Kier molecular flexibility index (Phi) is 4.55. The summed E-state index contributed by atoms with van der Waals surface area (Å²) in [5.41, 5.74) is 2.89. The van der Waals surface area contributed by atoms with Crippen molar-refractivity contribution in [3.05, 3.63) is 29.3 Å². The highest BCUT2D eigenvalue weighted by atomic mass is 16.5. The molecule has 5 heteroatoms. The number of benzene rings is 1. The Morgan fingerprint density at radius 3 is 2.83 bits per heavy atom. The average Bonchev–Trinajstić information content (AvgIpc) is 2.80. The van der Waals surface area contributed by atoms with Crippen LogP contribution in [0.25, 0.3) is 0 Å². The Morgan fingerprint density at radius 1 is 1.17 bits per heavy atom. The van der Waals surface area contributed by atoms with Crippen molar-refractivity contribution in [3.63, 3.8) is 0 Å². The van der Waals surface area contributed by atoms with Crippen LogP contribution in [0.2, 0.25) is 0 Å². The van der Waals surface area contributed by atoms with Crippen LogP contribution in [0.3, 0.4) is 0 Å². The fourth-order valence-corrected chi connectivity index (χ4v) is 2.02. The van der Waals surface area contributed by atoms with Crippen LogP contribution in [-0.2, 0) is 11.2 Å². The molecule has 0 radical (unpaired) electrons. The van der Waals surface area contributed by atoms with Crippen molar-refractivity contribution in [1.82, 2.24) is 0 Å². The number of aliphatic hydroxyl groups is 1. The minimum absolute atomic E-state index is 0.0299. The van der Waals surface area contributed by atoms with Crippen molar-refractivity contribution < 1.29 is 19.8 Å². The summed E-state index contributed by atoms with van der Waals surface area (Å²) in [7, 11) is 0. The lowest BCUT2D eigenvalue weighted by Gasteiger charge is -2.08. The molecule has 0 saturated heterocycles. The molecule has 1 aliphatic carbocycles. The van der Waals surface area contributed by atoms with E-state index in [1.165, 1.54) is 0 Å². The number of aryl methyl sites for hydroxylation is 1. The molecule has 5 nitrogen and oxygen atoms in total. The van der Waals surface area contributed by atoms with E-state index in [2.05, 4.69) is 5.16 Å². The monoisotopic (exact) mass is 251 g/mol. The van der Waals surface area contributed by atoms with Crippen molar-refractivity contribution in [2.45, 2.75) is 12.8 Å². The third kappa shape index (κ3) is 3.00. The first kappa shape index (κ1) is 12.9. The summed E-state index contributed by atoms with van der Waals surface area (Å²) in [6.45, 7) is 1.28. The van der Waals surface area contributed by atoms with Gasteiger partial charge in [-0.2, -0.15) is 0 Å². The highest BCUT2D eigenvalue weighted by Gasteiger charge is 2.18. The van der Waals surface area contributed by atoms with Crippen LogP contribution >= 0.6 is 0 Å². The van der Waals surface area contributed by atoms with Gasteiger partial charge in [-0.25, -0.2) is 0 Å². The SMILES string of the molecule is OCCOCCOc1ccc2c(c1)CC/C2=N\O. The van der Waals surface area contributed by atoms with Crippen LogP contribution in [0.15, 0.2) is 23.4 Å². The molecule has 0 atom stereocenters. The van der Waals surface area contributed by atoms with Crippen LogP contribution in [0.5, 0.6) is 5.75 Å². The van der Waals surface area contributed by atoms with Gasteiger partial charge in [-0.3, -0.25) is 0 Å². The number of hydrogen-bond donors (Lipinski definition) is 2. The molecule has 0 aromatic heterocycles. The first-order valence-corrected chi connectivity index (χ1v) is 6.01. The summed E-state index contributed by atoms with van der Waals surface area (Å²) in [6.07, 6.45) is 1.65. The molecule has 0 spiro atoms. The van der Waals surface area contributed by atoms with E-state index in [0.717, 1.165) is 35.4 Å². The van der Waals surface area contributed by atoms with Gasteiger partial charge in [-0.15, -0.1) is 0 Å². The van der Waals surface area contributed by atoms with Crippen LogP contribution in [0, 0.1) is 0 Å². The van der Waals surface area contributed by atoms with Crippen LogP contribution in [0.4, 0.5) is 0 Å². The lowest BCUT2D eigenvalue weighted by molar-refractivity contribution is 0.0705. The summed E-state index contributed by atoms with van der Waals surface area (Å²) in [6, 6.07) is 5.75. The molecule has 0 amide bonds. The van der Waals surface area contributed by atoms with Crippen molar-refractivity contribution in [1.29, 1.82) is 0 Å². The zero-order chi connectivity index (χ0) is 12.8. The van der Waals surface area contributed by atoms with E-state index in [0.29, 0.717) is 19.8 Å². The Balaban J connectivity index is 1.88. The van der Waals surface area contributed by atoms with Gasteiger partial charge >= 0.3 is 0 Å². The molecule has 0 saturated carbocycles. The molecule has 0 fully saturated rings. The van der Waals surface area contributed by atoms with E-state index in [4.69, 9.17) is 19.8 Å². The summed E-state index contributed by atoms with van der Waals surface area (Å²) < 4.78 is 10.6. The van der Waals surface area contributed by atoms with Gasteiger partial charge in [0.2, 0.25) is 0 Å². The largest absolute Gasteiger partial charge is 0.491 e. The molecule has 1 aliphatic rings. The molecule has 0 aliphatic heterocycles. The van der Waals surface area contributed by atoms with Crippen LogP contribution < -0.4 is 4.74 Å². The molecular weight excluding hydrogens is 234 g/mol. The molecule has 2 N–H and O–H groups in total. The molecule has 0 unspecified atom stereocenters.